The van der Waals surface area contributed by atoms with E-state index in [1.807, 2.05) is 0 Å². The van der Waals surface area contributed by atoms with Crippen LogP contribution in [-0.4, -0.2) is 6.04 Å². The van der Waals surface area contributed by atoms with Crippen LogP contribution in [0, 0.1) is 35.5 Å². The lowest BCUT2D eigenvalue weighted by molar-refractivity contribution is 0.333. The lowest BCUT2D eigenvalue weighted by Gasteiger charge is -2.21. The third-order valence-electron chi connectivity index (χ3n) is 5.54. The molecule has 3 rings (SSSR count). The van der Waals surface area contributed by atoms with Gasteiger partial charge >= 0.3 is 0 Å². The second-order valence-electron chi connectivity index (χ2n) is 6.03. The molecule has 3 aliphatic carbocycles. The van der Waals surface area contributed by atoms with Gasteiger partial charge in [0.05, 0.1) is 0 Å². The molecule has 0 radical (unpaired) electrons. The summed E-state index contributed by atoms with van der Waals surface area (Å²) in [4.78, 5) is 0. The van der Waals surface area contributed by atoms with Crippen molar-refractivity contribution in [2.75, 3.05) is 0 Å². The van der Waals surface area contributed by atoms with Gasteiger partial charge in [0.2, 0.25) is 0 Å². The Morgan fingerprint density at radius 2 is 1.79 bits per heavy atom. The van der Waals surface area contributed by atoms with Crippen molar-refractivity contribution in [3.63, 3.8) is 0 Å². The summed E-state index contributed by atoms with van der Waals surface area (Å²) in [5, 5.41) is 0. The van der Waals surface area contributed by atoms with Gasteiger partial charge in [0, 0.05) is 6.04 Å². The first-order chi connectivity index (χ1) is 6.74. The second-order valence-corrected chi connectivity index (χ2v) is 6.03. The summed E-state index contributed by atoms with van der Waals surface area (Å²) >= 11 is 0. The zero-order valence-corrected chi connectivity index (χ0v) is 9.45. The highest BCUT2D eigenvalue weighted by molar-refractivity contribution is 5.15. The molecule has 0 aliphatic heterocycles. The summed E-state index contributed by atoms with van der Waals surface area (Å²) in [5.41, 5.74) is 6.38. The van der Waals surface area contributed by atoms with Gasteiger partial charge in [0.1, 0.15) is 0 Å². The van der Waals surface area contributed by atoms with E-state index in [4.69, 9.17) is 5.73 Å². The van der Waals surface area contributed by atoms with Crippen molar-refractivity contribution in [3.8, 4) is 0 Å². The van der Waals surface area contributed by atoms with Crippen LogP contribution in [0.5, 0.6) is 0 Å². The van der Waals surface area contributed by atoms with Gasteiger partial charge in [-0.2, -0.15) is 0 Å². The van der Waals surface area contributed by atoms with Crippen LogP contribution in [-0.2, 0) is 0 Å². The van der Waals surface area contributed by atoms with E-state index in [2.05, 4.69) is 13.8 Å². The highest BCUT2D eigenvalue weighted by Gasteiger charge is 2.66. The van der Waals surface area contributed by atoms with Crippen molar-refractivity contribution < 1.29 is 0 Å². The molecule has 3 aliphatic rings. The highest BCUT2D eigenvalue weighted by atomic mass is 14.8. The predicted octanol–water partition coefficient (Wildman–Crippen LogP) is 2.65. The molecule has 2 N–H and O–H groups in total. The number of nitrogens with two attached hydrogens (primary N) is 1. The van der Waals surface area contributed by atoms with Gasteiger partial charge in [-0.25, -0.2) is 0 Å². The van der Waals surface area contributed by atoms with Crippen molar-refractivity contribution in [2.45, 2.75) is 45.6 Å². The van der Waals surface area contributed by atoms with Gasteiger partial charge in [-0.05, 0) is 54.8 Å². The quantitative estimate of drug-likeness (QED) is 0.732. The molecule has 0 aromatic heterocycles. The van der Waals surface area contributed by atoms with Crippen molar-refractivity contribution in [1.82, 2.24) is 0 Å². The maximum atomic E-state index is 6.38. The van der Waals surface area contributed by atoms with Crippen LogP contribution >= 0.6 is 0 Å². The molecule has 1 heteroatoms. The van der Waals surface area contributed by atoms with E-state index < -0.39 is 0 Å². The first kappa shape index (κ1) is 9.21. The summed E-state index contributed by atoms with van der Waals surface area (Å²) in [6, 6.07) is 0.512. The summed E-state index contributed by atoms with van der Waals surface area (Å²) < 4.78 is 0. The van der Waals surface area contributed by atoms with Crippen molar-refractivity contribution in [2.24, 2.45) is 41.2 Å². The molecule has 0 aromatic carbocycles. The third-order valence-corrected chi connectivity index (χ3v) is 5.54. The third kappa shape index (κ3) is 1.05. The van der Waals surface area contributed by atoms with Crippen LogP contribution in [0.1, 0.15) is 39.5 Å². The van der Waals surface area contributed by atoms with Gasteiger partial charge in [0.15, 0.2) is 0 Å². The molecule has 2 bridgehead atoms. The molecule has 0 heterocycles. The van der Waals surface area contributed by atoms with Crippen LogP contribution in [0.15, 0.2) is 0 Å². The lowest BCUT2D eigenvalue weighted by atomic mass is 9.89. The lowest BCUT2D eigenvalue weighted by Crippen LogP contribution is -2.32. The van der Waals surface area contributed by atoms with Crippen molar-refractivity contribution >= 4 is 0 Å². The van der Waals surface area contributed by atoms with Crippen molar-refractivity contribution in [1.29, 1.82) is 0 Å². The maximum absolute atomic E-state index is 6.38. The fraction of sp³-hybridized carbons (Fsp3) is 1.00. The molecule has 0 aromatic rings. The van der Waals surface area contributed by atoms with Crippen LogP contribution in [0.3, 0.4) is 0 Å². The van der Waals surface area contributed by atoms with E-state index in [1.54, 1.807) is 6.42 Å². The summed E-state index contributed by atoms with van der Waals surface area (Å²) in [5.74, 6) is 5.98. The Balaban J connectivity index is 1.68. The Kier molecular flexibility index (Phi) is 1.96. The Labute approximate surface area is 87.4 Å². The minimum Gasteiger partial charge on any atom is -0.327 e. The van der Waals surface area contributed by atoms with Gasteiger partial charge in [0.25, 0.3) is 0 Å². The summed E-state index contributed by atoms with van der Waals surface area (Å²) in [6.45, 7) is 4.61. The molecule has 6 atom stereocenters. The number of rotatable bonds is 3. The van der Waals surface area contributed by atoms with Gasteiger partial charge < -0.3 is 5.73 Å². The second kappa shape index (κ2) is 2.98. The standard InChI is InChI=1S/C13H23N/c1-3-7(2)13(14)12-10-8-4-5-9(6-8)11(10)12/h7-13H,3-6,14H2,1-2H3. The van der Waals surface area contributed by atoms with E-state index in [0.29, 0.717) is 6.04 Å². The zero-order valence-electron chi connectivity index (χ0n) is 9.45. The van der Waals surface area contributed by atoms with E-state index in [1.165, 1.54) is 19.3 Å². The van der Waals surface area contributed by atoms with Gasteiger partial charge in [-0.15, -0.1) is 0 Å². The number of hydrogen-bond acceptors (Lipinski definition) is 1. The van der Waals surface area contributed by atoms with E-state index in [-0.39, 0.29) is 0 Å². The van der Waals surface area contributed by atoms with Crippen LogP contribution in [0.4, 0.5) is 0 Å². The van der Waals surface area contributed by atoms with Crippen molar-refractivity contribution in [3.05, 3.63) is 0 Å². The Morgan fingerprint density at radius 3 is 2.29 bits per heavy atom. The molecule has 6 unspecified atom stereocenters. The predicted molar refractivity (Wildman–Crippen MR) is 58.7 cm³/mol. The Morgan fingerprint density at radius 1 is 1.21 bits per heavy atom. The SMILES string of the molecule is CCC(C)C(N)C1C2C3CCC(C3)C21. The molecule has 3 saturated carbocycles. The normalized spacial score (nSPS) is 52.9. The van der Waals surface area contributed by atoms with E-state index in [9.17, 15) is 0 Å². The first-order valence-electron chi connectivity index (χ1n) is 6.49. The number of fused-ring (bicyclic) bond motifs is 5. The first-order valence-corrected chi connectivity index (χ1v) is 6.49. The molecular weight excluding hydrogens is 170 g/mol. The molecule has 0 amide bonds. The van der Waals surface area contributed by atoms with Gasteiger partial charge in [-0.1, -0.05) is 20.3 Å². The van der Waals surface area contributed by atoms with Crippen LogP contribution in [0.25, 0.3) is 0 Å². The minimum atomic E-state index is 0.512. The van der Waals surface area contributed by atoms with E-state index in [0.717, 1.165) is 35.5 Å². The Hall–Kier alpha value is -0.0400. The van der Waals surface area contributed by atoms with Crippen LogP contribution in [0.2, 0.25) is 0 Å². The van der Waals surface area contributed by atoms with Gasteiger partial charge in [-0.3, -0.25) is 0 Å². The summed E-state index contributed by atoms with van der Waals surface area (Å²) in [7, 11) is 0. The summed E-state index contributed by atoms with van der Waals surface area (Å²) in [6.07, 6.45) is 5.86. The molecule has 0 saturated heterocycles. The maximum Gasteiger partial charge on any atom is 0.00986 e. The zero-order chi connectivity index (χ0) is 9.87. The highest BCUT2D eigenvalue weighted by Crippen LogP contribution is 2.70. The molecule has 80 valence electrons. The fourth-order valence-electron chi connectivity index (χ4n) is 4.56. The number of hydrogen-bond donors (Lipinski definition) is 1. The van der Waals surface area contributed by atoms with Crippen LogP contribution < -0.4 is 5.73 Å². The molecule has 0 spiro atoms. The van der Waals surface area contributed by atoms with E-state index >= 15 is 0 Å². The molecule has 14 heavy (non-hydrogen) atoms. The smallest absolute Gasteiger partial charge is 0.00986 e. The minimum absolute atomic E-state index is 0.512. The monoisotopic (exact) mass is 193 g/mol. The average Bonchev–Trinajstić information content (AvgIpc) is 2.64. The average molecular weight is 193 g/mol. The Bertz CT molecular complexity index is 221. The molecule has 1 nitrogen and oxygen atoms in total. The molecule has 3 fully saturated rings. The largest absolute Gasteiger partial charge is 0.327 e. The molecular formula is C13H23N. The fourth-order valence-corrected chi connectivity index (χ4v) is 4.56. The topological polar surface area (TPSA) is 26.0 Å².